The number of hydrogen-bond donors (Lipinski definition) is 4. The van der Waals surface area contributed by atoms with Crippen LogP contribution in [0.4, 0.5) is 0 Å². The Labute approximate surface area is 195 Å². The minimum atomic E-state index is -5.05. The molecular formula is C22H20N2O8S2. The van der Waals surface area contributed by atoms with Crippen LogP contribution in [-0.2, 0) is 25.0 Å². The maximum atomic E-state index is 12.8. The third-order valence-corrected chi connectivity index (χ3v) is 7.78. The number of nitrogens with two attached hydrogens (primary N) is 2. The van der Waals surface area contributed by atoms with Crippen LogP contribution in [0.25, 0.3) is 6.08 Å². The van der Waals surface area contributed by atoms with Gasteiger partial charge in [0.1, 0.15) is 4.90 Å². The molecular weight excluding hydrogens is 484 g/mol. The van der Waals surface area contributed by atoms with Crippen molar-refractivity contribution in [1.29, 1.82) is 0 Å². The number of amides is 2. The number of hydrogen-bond acceptors (Lipinski definition) is 6. The highest BCUT2D eigenvalue weighted by Gasteiger charge is 2.50. The van der Waals surface area contributed by atoms with Crippen molar-refractivity contribution < 1.29 is 35.5 Å². The highest BCUT2D eigenvalue weighted by molar-refractivity contribution is 7.87. The smallest absolute Gasteiger partial charge is 0.295 e. The van der Waals surface area contributed by atoms with Crippen LogP contribution in [-0.4, -0.2) is 37.8 Å². The molecule has 1 aliphatic carbocycles. The lowest BCUT2D eigenvalue weighted by atomic mass is 9.78. The Morgan fingerprint density at radius 3 is 2.21 bits per heavy atom. The van der Waals surface area contributed by atoms with Crippen molar-refractivity contribution >= 4 is 38.1 Å². The minimum Gasteiger partial charge on any atom is -0.366 e. The Kier molecular flexibility index (Phi) is 6.62. The van der Waals surface area contributed by atoms with Gasteiger partial charge in [-0.05, 0) is 35.4 Å². The Balaban J connectivity index is 2.31. The number of benzene rings is 2. The first-order valence-corrected chi connectivity index (χ1v) is 12.5. The van der Waals surface area contributed by atoms with Crippen molar-refractivity contribution in [3.05, 3.63) is 95.1 Å². The van der Waals surface area contributed by atoms with E-state index in [9.17, 15) is 35.5 Å². The van der Waals surface area contributed by atoms with E-state index in [2.05, 4.69) is 0 Å². The summed E-state index contributed by atoms with van der Waals surface area (Å²) in [4.78, 5) is 23.5. The summed E-state index contributed by atoms with van der Waals surface area (Å²) in [6.07, 6.45) is 7.85. The first-order valence-electron chi connectivity index (χ1n) is 9.61. The molecule has 2 atom stereocenters. The van der Waals surface area contributed by atoms with E-state index in [0.29, 0.717) is 0 Å². The highest BCUT2D eigenvalue weighted by Crippen LogP contribution is 2.44. The highest BCUT2D eigenvalue weighted by atomic mass is 32.2. The van der Waals surface area contributed by atoms with Crippen molar-refractivity contribution in [2.45, 2.75) is 9.64 Å². The summed E-state index contributed by atoms with van der Waals surface area (Å²) in [6.45, 7) is 0. The topological polar surface area (TPSA) is 195 Å². The van der Waals surface area contributed by atoms with Gasteiger partial charge < -0.3 is 11.5 Å². The van der Waals surface area contributed by atoms with Gasteiger partial charge >= 0.3 is 0 Å². The van der Waals surface area contributed by atoms with Crippen LogP contribution in [0.3, 0.4) is 0 Å². The molecule has 0 saturated carbocycles. The lowest BCUT2D eigenvalue weighted by molar-refractivity contribution is 0.0987. The number of carbonyl (C=O) groups is 2. The Morgan fingerprint density at radius 2 is 1.62 bits per heavy atom. The van der Waals surface area contributed by atoms with E-state index in [-0.39, 0.29) is 22.3 Å². The predicted octanol–water partition coefficient (Wildman–Crippen LogP) is 1.67. The summed E-state index contributed by atoms with van der Waals surface area (Å²) in [5.74, 6) is -3.13. The molecule has 6 N–H and O–H groups in total. The van der Waals surface area contributed by atoms with Crippen LogP contribution in [0.15, 0.2) is 77.7 Å². The fraction of sp³-hybridized carbons (Fsp3) is 0.0909. The zero-order chi connectivity index (χ0) is 25.3. The van der Waals surface area contributed by atoms with Gasteiger partial charge in [-0.1, -0.05) is 54.7 Å². The molecule has 2 unspecified atom stereocenters. The van der Waals surface area contributed by atoms with E-state index >= 15 is 0 Å². The van der Waals surface area contributed by atoms with Crippen molar-refractivity contribution in [1.82, 2.24) is 0 Å². The summed E-state index contributed by atoms with van der Waals surface area (Å²) in [6, 6.07) is 8.81. The molecule has 12 heteroatoms. The van der Waals surface area contributed by atoms with Crippen molar-refractivity contribution in [3.8, 4) is 0 Å². The van der Waals surface area contributed by atoms with Gasteiger partial charge in [0.05, 0.1) is 0 Å². The maximum Gasteiger partial charge on any atom is 0.295 e. The lowest BCUT2D eigenvalue weighted by Crippen LogP contribution is -2.42. The molecule has 0 radical (unpaired) electrons. The molecule has 0 bridgehead atoms. The molecule has 178 valence electrons. The van der Waals surface area contributed by atoms with Gasteiger partial charge in [0.2, 0.25) is 11.8 Å². The van der Waals surface area contributed by atoms with E-state index in [1.165, 1.54) is 54.6 Å². The normalized spacial score (nSPS) is 20.5. The molecule has 0 heterocycles. The monoisotopic (exact) mass is 504 g/mol. The SMILES string of the molecule is NC(=O)c1ccc(C(N)=O)c(C2(S(=O)(=O)O)C=CC=CC2C=Cc2ccccc2S(=O)(=O)O)c1. The van der Waals surface area contributed by atoms with E-state index < -0.39 is 47.6 Å². The summed E-state index contributed by atoms with van der Waals surface area (Å²) in [7, 11) is -9.64. The minimum absolute atomic E-state index is 0.0400. The van der Waals surface area contributed by atoms with Crippen LogP contribution in [0.2, 0.25) is 0 Å². The first kappa shape index (κ1) is 25.1. The second-order valence-electron chi connectivity index (χ2n) is 7.40. The first-order chi connectivity index (χ1) is 15.8. The van der Waals surface area contributed by atoms with Gasteiger partial charge in [-0.3, -0.25) is 18.7 Å². The summed E-state index contributed by atoms with van der Waals surface area (Å²) >= 11 is 0. The van der Waals surface area contributed by atoms with Gasteiger partial charge in [0.25, 0.3) is 20.2 Å². The van der Waals surface area contributed by atoms with E-state index in [0.717, 1.165) is 24.3 Å². The zero-order valence-corrected chi connectivity index (χ0v) is 19.0. The standard InChI is InChI=1S/C22H20N2O8S2/c23-20(25)15-9-11-17(21(24)26)18(13-15)22(34(30,31)32)12-4-3-6-16(22)10-8-14-5-1-2-7-19(14)33(27,28)29/h1-13,16H,(H2,23,25)(H2,24,26)(H,27,28,29)(H,30,31,32). The maximum absolute atomic E-state index is 12.8. The van der Waals surface area contributed by atoms with Crippen LogP contribution < -0.4 is 11.5 Å². The summed E-state index contributed by atoms with van der Waals surface area (Å²) in [5, 5.41) is 0. The molecule has 2 aromatic carbocycles. The van der Waals surface area contributed by atoms with Gasteiger partial charge in [-0.25, -0.2) is 0 Å². The van der Waals surface area contributed by atoms with Crippen LogP contribution in [0.5, 0.6) is 0 Å². The van der Waals surface area contributed by atoms with E-state index in [1.54, 1.807) is 0 Å². The van der Waals surface area contributed by atoms with Crippen LogP contribution in [0, 0.1) is 5.92 Å². The fourth-order valence-electron chi connectivity index (χ4n) is 3.81. The predicted molar refractivity (Wildman–Crippen MR) is 124 cm³/mol. The average Bonchev–Trinajstić information content (AvgIpc) is 2.76. The molecule has 0 fully saturated rings. The third-order valence-electron chi connectivity index (χ3n) is 5.37. The Hall–Kier alpha value is -3.58. The molecule has 0 aromatic heterocycles. The molecule has 34 heavy (non-hydrogen) atoms. The van der Waals surface area contributed by atoms with Crippen molar-refractivity contribution in [2.24, 2.45) is 17.4 Å². The molecule has 0 aliphatic heterocycles. The van der Waals surface area contributed by atoms with Crippen LogP contribution in [0.1, 0.15) is 31.8 Å². The second kappa shape index (κ2) is 8.99. The average molecular weight is 505 g/mol. The van der Waals surface area contributed by atoms with E-state index in [4.69, 9.17) is 11.5 Å². The molecule has 1 aliphatic rings. The molecule has 2 amide bonds. The van der Waals surface area contributed by atoms with Crippen molar-refractivity contribution in [3.63, 3.8) is 0 Å². The number of primary amides is 2. The molecule has 2 aromatic rings. The van der Waals surface area contributed by atoms with Crippen molar-refractivity contribution in [2.75, 3.05) is 0 Å². The Bertz CT molecular complexity index is 1470. The molecule has 0 spiro atoms. The second-order valence-corrected chi connectivity index (χ2v) is 10.4. The largest absolute Gasteiger partial charge is 0.366 e. The molecule has 0 saturated heterocycles. The fourth-order valence-corrected chi connectivity index (χ4v) is 5.69. The van der Waals surface area contributed by atoms with Crippen LogP contribution >= 0.6 is 0 Å². The van der Waals surface area contributed by atoms with Gasteiger partial charge in [-0.2, -0.15) is 16.8 Å². The Morgan fingerprint density at radius 1 is 0.941 bits per heavy atom. The zero-order valence-electron chi connectivity index (χ0n) is 17.4. The quantitative estimate of drug-likeness (QED) is 0.408. The molecule has 10 nitrogen and oxygen atoms in total. The van der Waals surface area contributed by atoms with Gasteiger partial charge in [0.15, 0.2) is 4.75 Å². The number of allylic oxidation sites excluding steroid dienone is 4. The molecule has 3 rings (SSSR count). The van der Waals surface area contributed by atoms with Gasteiger partial charge in [-0.15, -0.1) is 0 Å². The summed E-state index contributed by atoms with van der Waals surface area (Å²) < 4.78 is 66.6. The number of rotatable bonds is 7. The van der Waals surface area contributed by atoms with Gasteiger partial charge in [0, 0.05) is 17.0 Å². The van der Waals surface area contributed by atoms with E-state index in [1.807, 2.05) is 0 Å². The summed E-state index contributed by atoms with van der Waals surface area (Å²) in [5.41, 5.74) is 10.1. The lowest BCUT2D eigenvalue weighted by Gasteiger charge is -2.36. The number of carbonyl (C=O) groups excluding carboxylic acids is 2. The third kappa shape index (κ3) is 4.56.